The molecule has 2 unspecified atom stereocenters. The lowest BCUT2D eigenvalue weighted by atomic mass is 9.73. The van der Waals surface area contributed by atoms with Crippen LogP contribution < -0.4 is 14.8 Å². The Morgan fingerprint density at radius 2 is 1.62 bits per heavy atom. The molecule has 2 aliphatic heterocycles. The maximum Gasteiger partial charge on any atom is 0.338 e. The number of hydrogen-bond acceptors (Lipinski definition) is 8. The number of amides is 2. The SMILES string of the molecule is CCOC(=O)c1ccc(NCC(=O)N2CCC(N3N=C(c4ccc(OC)c(OC)c4)C4CCCCC4C3=O)CC2)cc1. The number of ether oxygens (including phenoxy) is 3. The largest absolute Gasteiger partial charge is 0.493 e. The van der Waals surface area contributed by atoms with E-state index in [9.17, 15) is 14.4 Å². The summed E-state index contributed by atoms with van der Waals surface area (Å²) < 4.78 is 16.0. The van der Waals surface area contributed by atoms with E-state index in [0.717, 1.165) is 42.6 Å². The molecule has 42 heavy (non-hydrogen) atoms. The third-order valence-electron chi connectivity index (χ3n) is 8.56. The lowest BCUT2D eigenvalue weighted by Gasteiger charge is -2.43. The summed E-state index contributed by atoms with van der Waals surface area (Å²) in [7, 11) is 3.24. The van der Waals surface area contributed by atoms with Gasteiger partial charge in [0.25, 0.3) is 0 Å². The van der Waals surface area contributed by atoms with Gasteiger partial charge in [-0.25, -0.2) is 9.80 Å². The van der Waals surface area contributed by atoms with Crippen molar-refractivity contribution in [3.8, 4) is 11.5 Å². The van der Waals surface area contributed by atoms with E-state index in [4.69, 9.17) is 19.3 Å². The number of nitrogens with zero attached hydrogens (tertiary/aromatic N) is 3. The normalized spacial score (nSPS) is 20.8. The molecule has 1 saturated heterocycles. The van der Waals surface area contributed by atoms with E-state index in [1.165, 1.54) is 0 Å². The fraction of sp³-hybridized carbons (Fsp3) is 0.500. The van der Waals surface area contributed by atoms with Crippen LogP contribution in [0.25, 0.3) is 0 Å². The maximum atomic E-state index is 13.7. The Morgan fingerprint density at radius 1 is 0.929 bits per heavy atom. The zero-order chi connectivity index (χ0) is 29.6. The number of likely N-dealkylation sites (tertiary alicyclic amines) is 1. The van der Waals surface area contributed by atoms with Gasteiger partial charge in [0.1, 0.15) is 0 Å². The lowest BCUT2D eigenvalue weighted by Crippen LogP contribution is -2.53. The standard InChI is InChI=1S/C32H40N4O6/c1-4-42-32(39)21-9-12-23(13-10-21)33-20-29(37)35-17-15-24(16-18-35)36-31(38)26-8-6-5-7-25(26)30(34-36)22-11-14-27(40-2)28(19-22)41-3/h9-14,19,24-26,33H,4-8,15-18,20H2,1-3H3. The van der Waals surface area contributed by atoms with Crippen molar-refractivity contribution >= 4 is 29.2 Å². The van der Waals surface area contributed by atoms with Crippen molar-refractivity contribution in [2.75, 3.05) is 45.8 Å². The van der Waals surface area contributed by atoms with Gasteiger partial charge in [-0.2, -0.15) is 5.10 Å². The van der Waals surface area contributed by atoms with Crippen molar-refractivity contribution in [3.63, 3.8) is 0 Å². The van der Waals surface area contributed by atoms with E-state index >= 15 is 0 Å². The molecule has 0 aromatic heterocycles. The third kappa shape index (κ3) is 6.22. The summed E-state index contributed by atoms with van der Waals surface area (Å²) in [4.78, 5) is 40.4. The zero-order valence-corrected chi connectivity index (χ0v) is 24.6. The first-order valence-corrected chi connectivity index (χ1v) is 14.9. The average molecular weight is 577 g/mol. The van der Waals surface area contributed by atoms with E-state index in [1.54, 1.807) is 50.4 Å². The second-order valence-electron chi connectivity index (χ2n) is 11.0. The molecule has 224 valence electrons. The van der Waals surface area contributed by atoms with Gasteiger partial charge < -0.3 is 24.4 Å². The highest BCUT2D eigenvalue weighted by Crippen LogP contribution is 2.40. The molecule has 2 aromatic carbocycles. The molecule has 2 atom stereocenters. The second kappa shape index (κ2) is 13.3. The molecule has 10 nitrogen and oxygen atoms in total. The first kappa shape index (κ1) is 29.4. The number of hydrazone groups is 1. The minimum Gasteiger partial charge on any atom is -0.493 e. The van der Waals surface area contributed by atoms with Crippen LogP contribution in [0.4, 0.5) is 5.69 Å². The number of carbonyl (C=O) groups excluding carboxylic acids is 3. The molecule has 2 amide bonds. The number of carbonyl (C=O) groups is 3. The van der Waals surface area contributed by atoms with Gasteiger partial charge >= 0.3 is 5.97 Å². The molecule has 2 heterocycles. The van der Waals surface area contributed by atoms with Crippen molar-refractivity contribution in [2.45, 2.75) is 51.5 Å². The first-order valence-electron chi connectivity index (χ1n) is 14.9. The molecule has 2 aromatic rings. The number of esters is 1. The highest BCUT2D eigenvalue weighted by atomic mass is 16.5. The smallest absolute Gasteiger partial charge is 0.338 e. The number of piperidine rings is 1. The number of hydrogen-bond donors (Lipinski definition) is 1. The molecule has 10 heteroatoms. The monoisotopic (exact) mass is 576 g/mol. The Balaban J connectivity index is 1.23. The number of anilines is 1. The molecule has 0 spiro atoms. The summed E-state index contributed by atoms with van der Waals surface area (Å²) in [5.41, 5.74) is 3.12. The Hall–Kier alpha value is -4.08. The Morgan fingerprint density at radius 3 is 2.29 bits per heavy atom. The lowest BCUT2D eigenvalue weighted by molar-refractivity contribution is -0.143. The molecule has 3 aliphatic rings. The molecule has 5 rings (SSSR count). The van der Waals surface area contributed by atoms with Crippen LogP contribution >= 0.6 is 0 Å². The fourth-order valence-corrected chi connectivity index (χ4v) is 6.28. The molecule has 1 aliphatic carbocycles. The summed E-state index contributed by atoms with van der Waals surface area (Å²) in [6.45, 7) is 3.36. The van der Waals surface area contributed by atoms with E-state index in [0.29, 0.717) is 49.6 Å². The predicted octanol–water partition coefficient (Wildman–Crippen LogP) is 4.34. The van der Waals surface area contributed by atoms with Gasteiger partial charge in [-0.05, 0) is 75.1 Å². The number of rotatable bonds is 9. The molecule has 1 N–H and O–H groups in total. The number of methoxy groups -OCH3 is 2. The molecular formula is C32H40N4O6. The maximum absolute atomic E-state index is 13.7. The molecule has 2 fully saturated rings. The van der Waals surface area contributed by atoms with Crippen molar-refractivity contribution in [3.05, 3.63) is 53.6 Å². The minimum atomic E-state index is -0.366. The fourth-order valence-electron chi connectivity index (χ4n) is 6.28. The van der Waals surface area contributed by atoms with Crippen LogP contribution in [0.1, 0.15) is 61.4 Å². The highest BCUT2D eigenvalue weighted by Gasteiger charge is 2.44. The van der Waals surface area contributed by atoms with Crippen LogP contribution in [0.5, 0.6) is 11.5 Å². The summed E-state index contributed by atoms with van der Waals surface area (Å²) in [5.74, 6) is 1.07. The van der Waals surface area contributed by atoms with Gasteiger partial charge in [-0.1, -0.05) is 12.8 Å². The number of benzene rings is 2. The highest BCUT2D eigenvalue weighted by molar-refractivity contribution is 6.07. The molecule has 0 radical (unpaired) electrons. The van der Waals surface area contributed by atoms with Crippen molar-refractivity contribution < 1.29 is 28.6 Å². The minimum absolute atomic E-state index is 0.00486. The van der Waals surface area contributed by atoms with Crippen molar-refractivity contribution in [2.24, 2.45) is 16.9 Å². The van der Waals surface area contributed by atoms with Crippen LogP contribution in [0.3, 0.4) is 0 Å². The van der Waals surface area contributed by atoms with Crippen molar-refractivity contribution in [1.29, 1.82) is 0 Å². The van der Waals surface area contributed by atoms with Gasteiger partial charge in [-0.3, -0.25) is 9.59 Å². The van der Waals surface area contributed by atoms with Gasteiger partial charge in [0.2, 0.25) is 11.8 Å². The predicted molar refractivity (Wildman–Crippen MR) is 159 cm³/mol. The first-order chi connectivity index (χ1) is 20.4. The van der Waals surface area contributed by atoms with Crippen LogP contribution in [-0.4, -0.2) is 79.9 Å². The molecule has 1 saturated carbocycles. The average Bonchev–Trinajstić information content (AvgIpc) is 3.04. The van der Waals surface area contributed by atoms with Gasteiger partial charge in [0.05, 0.1) is 44.7 Å². The van der Waals surface area contributed by atoms with Crippen LogP contribution in [-0.2, 0) is 14.3 Å². The van der Waals surface area contributed by atoms with E-state index in [2.05, 4.69) is 5.32 Å². The number of fused-ring (bicyclic) bond motifs is 1. The zero-order valence-electron chi connectivity index (χ0n) is 24.6. The topological polar surface area (TPSA) is 110 Å². The van der Waals surface area contributed by atoms with Gasteiger partial charge in [0.15, 0.2) is 11.5 Å². The quantitative estimate of drug-likeness (QED) is 0.443. The summed E-state index contributed by atoms with van der Waals surface area (Å²) in [5, 5.41) is 9.88. The summed E-state index contributed by atoms with van der Waals surface area (Å²) >= 11 is 0. The molecule has 0 bridgehead atoms. The second-order valence-corrected chi connectivity index (χ2v) is 11.0. The van der Waals surface area contributed by atoms with Gasteiger partial charge in [0, 0.05) is 36.2 Å². The van der Waals surface area contributed by atoms with Crippen molar-refractivity contribution in [1.82, 2.24) is 9.91 Å². The Kier molecular flexibility index (Phi) is 9.29. The van der Waals surface area contributed by atoms with E-state index < -0.39 is 0 Å². The summed E-state index contributed by atoms with van der Waals surface area (Å²) in [6, 6.07) is 12.7. The van der Waals surface area contributed by atoms with Crippen LogP contribution in [0, 0.1) is 11.8 Å². The Labute approximate surface area is 247 Å². The van der Waals surface area contributed by atoms with Crippen LogP contribution in [0.2, 0.25) is 0 Å². The van der Waals surface area contributed by atoms with Gasteiger partial charge in [-0.15, -0.1) is 0 Å². The molecular weight excluding hydrogens is 536 g/mol. The third-order valence-corrected chi connectivity index (χ3v) is 8.56. The van der Waals surface area contributed by atoms with E-state index in [1.807, 2.05) is 23.1 Å². The summed E-state index contributed by atoms with van der Waals surface area (Å²) in [6.07, 6.45) is 5.30. The Bertz CT molecular complexity index is 1320. The van der Waals surface area contributed by atoms with Crippen LogP contribution in [0.15, 0.2) is 47.6 Å². The van der Waals surface area contributed by atoms with E-state index in [-0.39, 0.29) is 42.2 Å². The number of nitrogens with one attached hydrogen (secondary N) is 1.